The van der Waals surface area contributed by atoms with Crippen LogP contribution in [0.4, 0.5) is 0 Å². The van der Waals surface area contributed by atoms with Gasteiger partial charge in [0, 0.05) is 52.6 Å². The van der Waals surface area contributed by atoms with Crippen LogP contribution in [0.1, 0.15) is 40.5 Å². The molecular weight excluding hydrogens is 486 g/mol. The molecule has 11 heteroatoms. The van der Waals surface area contributed by atoms with Crippen molar-refractivity contribution in [3.8, 4) is 0 Å². The zero-order valence-electron chi connectivity index (χ0n) is 23.4. The maximum atomic E-state index is 13.3. The molecule has 0 saturated carbocycles. The van der Waals surface area contributed by atoms with Crippen LogP contribution in [0, 0.1) is 11.3 Å². The molecule has 3 aliphatic rings. The first-order valence-corrected chi connectivity index (χ1v) is 12.8. The summed E-state index contributed by atoms with van der Waals surface area (Å²) in [6.45, 7) is 12.4. The summed E-state index contributed by atoms with van der Waals surface area (Å²) in [5.74, 6) is -2.21. The summed E-state index contributed by atoms with van der Waals surface area (Å²) in [6.07, 6.45) is -4.23. The molecule has 37 heavy (non-hydrogen) atoms. The van der Waals surface area contributed by atoms with E-state index >= 15 is 0 Å². The van der Waals surface area contributed by atoms with Gasteiger partial charge < -0.3 is 48.3 Å². The Morgan fingerprint density at radius 1 is 1.19 bits per heavy atom. The van der Waals surface area contributed by atoms with E-state index in [0.29, 0.717) is 13.0 Å². The van der Waals surface area contributed by atoms with Crippen LogP contribution in [0.25, 0.3) is 0 Å². The maximum absolute atomic E-state index is 13.3. The summed E-state index contributed by atoms with van der Waals surface area (Å²) < 4.78 is 46.5. The third-order valence-electron chi connectivity index (χ3n) is 8.23. The zero-order chi connectivity index (χ0) is 27.5. The van der Waals surface area contributed by atoms with E-state index < -0.39 is 41.6 Å². The Morgan fingerprint density at radius 2 is 1.89 bits per heavy atom. The second kappa shape index (κ2) is 12.4. The number of hydrogen-bond donors (Lipinski definition) is 2. The molecule has 3 rings (SSSR count). The second-order valence-corrected chi connectivity index (χ2v) is 10.8. The maximum Gasteiger partial charge on any atom is 0.256 e. The molecule has 0 aromatic carbocycles. The smallest absolute Gasteiger partial charge is 0.256 e. The molecule has 2 N–H and O–H groups in total. The molecule has 214 valence electrons. The van der Waals surface area contributed by atoms with Crippen molar-refractivity contribution in [1.82, 2.24) is 5.32 Å². The van der Waals surface area contributed by atoms with E-state index in [-0.39, 0.29) is 43.5 Å². The zero-order valence-corrected chi connectivity index (χ0v) is 23.4. The lowest BCUT2D eigenvalue weighted by atomic mass is 9.72. The van der Waals surface area contributed by atoms with Gasteiger partial charge in [-0.25, -0.2) is 0 Å². The number of amides is 1. The molecule has 0 radical (unpaired) electrons. The first kappa shape index (κ1) is 30.4. The third kappa shape index (κ3) is 6.05. The van der Waals surface area contributed by atoms with E-state index in [0.717, 1.165) is 5.57 Å². The van der Waals surface area contributed by atoms with Crippen LogP contribution in [0.15, 0.2) is 12.2 Å². The number of aliphatic hydroxyl groups is 1. The lowest BCUT2D eigenvalue weighted by Crippen LogP contribution is -2.69. The van der Waals surface area contributed by atoms with E-state index in [4.69, 9.17) is 37.9 Å². The Balaban J connectivity index is 1.80. The molecule has 0 aromatic heterocycles. The number of nitrogens with one attached hydrogen (secondary N) is 1. The number of carbonyl (C=O) groups excluding carboxylic acids is 1. The Morgan fingerprint density at radius 3 is 2.46 bits per heavy atom. The molecule has 3 saturated heterocycles. The van der Waals surface area contributed by atoms with Crippen LogP contribution in [-0.4, -0.2) is 108 Å². The Labute approximate surface area is 220 Å². The minimum absolute atomic E-state index is 0.0639. The van der Waals surface area contributed by atoms with Gasteiger partial charge in [-0.2, -0.15) is 0 Å². The minimum atomic E-state index is -1.64. The van der Waals surface area contributed by atoms with Gasteiger partial charge in [0.25, 0.3) is 5.91 Å². The Bertz CT molecular complexity index is 793. The molecule has 10 atom stereocenters. The molecule has 0 bridgehead atoms. The normalized spacial score (nSPS) is 39.5. The third-order valence-corrected chi connectivity index (χ3v) is 8.23. The molecule has 1 amide bonds. The van der Waals surface area contributed by atoms with Crippen LogP contribution in [0.5, 0.6) is 0 Å². The first-order valence-electron chi connectivity index (χ1n) is 12.8. The summed E-state index contributed by atoms with van der Waals surface area (Å²) in [5.41, 5.74) is 0.386. The molecule has 3 fully saturated rings. The van der Waals surface area contributed by atoms with Crippen molar-refractivity contribution >= 4 is 5.91 Å². The van der Waals surface area contributed by atoms with E-state index in [1.54, 1.807) is 21.3 Å². The first-order chi connectivity index (χ1) is 17.4. The quantitative estimate of drug-likeness (QED) is 0.400. The number of ether oxygens (including phenoxy) is 8. The Hall–Kier alpha value is -1.15. The van der Waals surface area contributed by atoms with Crippen LogP contribution in [0.3, 0.4) is 0 Å². The highest BCUT2D eigenvalue weighted by Crippen LogP contribution is 2.44. The van der Waals surface area contributed by atoms with E-state index in [1.807, 2.05) is 13.8 Å². The van der Waals surface area contributed by atoms with Gasteiger partial charge in [-0.05, 0) is 6.92 Å². The second-order valence-electron chi connectivity index (χ2n) is 10.8. The SMILES string of the molecule is C=C1C[C@](OC)([C@H](O)C(=O)N[C@@H]2OCO[C@H]3[C@@H]2O[C@H](C[C@@H](COC)OC)C(C)(C)[C@H]3OC)O[C@H](C)[C@@H]1C. The van der Waals surface area contributed by atoms with Crippen LogP contribution in [-0.2, 0) is 42.7 Å². The summed E-state index contributed by atoms with van der Waals surface area (Å²) >= 11 is 0. The predicted molar refractivity (Wildman–Crippen MR) is 132 cm³/mol. The van der Waals surface area contributed by atoms with Crippen molar-refractivity contribution in [2.75, 3.05) is 41.8 Å². The number of hydrogen-bond acceptors (Lipinski definition) is 10. The van der Waals surface area contributed by atoms with Gasteiger partial charge in [-0.1, -0.05) is 32.9 Å². The standard InChI is InChI=1S/C26H45NO10/c1-14-11-26(33-9,37-16(3)15(14)2)21(28)23(29)27-24-20-19(34-13-35-24)22(32-8)25(4,5)18(36-20)10-17(31-7)12-30-6/h15-22,24,28H,1,10-13H2,2-9H3,(H,27,29)/t15-,16-,17+,18-,19+,20+,21-,22+,24-,26-/m1/s1. The molecule has 11 nitrogen and oxygen atoms in total. The van der Waals surface area contributed by atoms with Gasteiger partial charge in [-0.15, -0.1) is 0 Å². The highest BCUT2D eigenvalue weighted by atomic mass is 16.7. The topological polar surface area (TPSA) is 123 Å². The van der Waals surface area contributed by atoms with Gasteiger partial charge in [0.2, 0.25) is 5.79 Å². The summed E-state index contributed by atoms with van der Waals surface area (Å²) in [5, 5.41) is 13.9. The fourth-order valence-corrected chi connectivity index (χ4v) is 5.59. The van der Waals surface area contributed by atoms with Crippen molar-refractivity contribution < 1.29 is 47.8 Å². The summed E-state index contributed by atoms with van der Waals surface area (Å²) in [6, 6.07) is 0. The van der Waals surface area contributed by atoms with Gasteiger partial charge in [-0.3, -0.25) is 4.79 Å². The monoisotopic (exact) mass is 531 g/mol. The van der Waals surface area contributed by atoms with Crippen molar-refractivity contribution in [1.29, 1.82) is 0 Å². The van der Waals surface area contributed by atoms with E-state index in [1.165, 1.54) is 7.11 Å². The van der Waals surface area contributed by atoms with Gasteiger partial charge in [0.15, 0.2) is 12.3 Å². The van der Waals surface area contributed by atoms with Crippen molar-refractivity contribution in [3.05, 3.63) is 12.2 Å². The molecule has 3 aliphatic heterocycles. The van der Waals surface area contributed by atoms with Crippen molar-refractivity contribution in [2.24, 2.45) is 11.3 Å². The number of carbonyl (C=O) groups is 1. The molecule has 0 aromatic rings. The predicted octanol–water partition coefficient (Wildman–Crippen LogP) is 1.37. The van der Waals surface area contributed by atoms with Crippen molar-refractivity contribution in [3.63, 3.8) is 0 Å². The van der Waals surface area contributed by atoms with Crippen LogP contribution >= 0.6 is 0 Å². The number of aliphatic hydroxyl groups excluding tert-OH is 1. The average Bonchev–Trinajstić information content (AvgIpc) is 2.86. The number of fused-ring (bicyclic) bond motifs is 1. The highest BCUT2D eigenvalue weighted by molar-refractivity contribution is 5.82. The molecule has 3 heterocycles. The molecule has 0 unspecified atom stereocenters. The summed E-state index contributed by atoms with van der Waals surface area (Å²) in [4.78, 5) is 13.3. The fraction of sp³-hybridized carbons (Fsp3) is 0.885. The highest BCUT2D eigenvalue weighted by Gasteiger charge is 2.57. The fourth-order valence-electron chi connectivity index (χ4n) is 5.59. The van der Waals surface area contributed by atoms with Crippen molar-refractivity contribution in [2.45, 2.75) is 95.3 Å². The van der Waals surface area contributed by atoms with E-state index in [9.17, 15) is 9.90 Å². The molecule has 0 aliphatic carbocycles. The molecular formula is C26H45NO10. The summed E-state index contributed by atoms with van der Waals surface area (Å²) in [7, 11) is 6.28. The Kier molecular flexibility index (Phi) is 10.1. The van der Waals surface area contributed by atoms with Gasteiger partial charge in [0.1, 0.15) is 19.0 Å². The minimum Gasteiger partial charge on any atom is -0.382 e. The largest absolute Gasteiger partial charge is 0.382 e. The number of rotatable bonds is 10. The van der Waals surface area contributed by atoms with E-state index in [2.05, 4.69) is 25.7 Å². The van der Waals surface area contributed by atoms with Gasteiger partial charge >= 0.3 is 0 Å². The lowest BCUT2D eigenvalue weighted by molar-refractivity contribution is -0.333. The van der Waals surface area contributed by atoms with Gasteiger partial charge in [0.05, 0.1) is 31.0 Å². The average molecular weight is 532 g/mol. The lowest BCUT2D eigenvalue weighted by Gasteiger charge is -2.54. The number of methoxy groups -OCH3 is 4. The van der Waals surface area contributed by atoms with Crippen LogP contribution < -0.4 is 5.32 Å². The van der Waals surface area contributed by atoms with Crippen LogP contribution in [0.2, 0.25) is 0 Å². The molecule has 0 spiro atoms.